The number of carbonyl (C=O) groups excluding carboxylic acids is 1. The Morgan fingerprint density at radius 3 is 2.43 bits per heavy atom. The largest absolute Gasteiger partial charge is 0.378 e. The SMILES string of the molecule is CC(C)C1CCC(C(=O)C2CCOC3(CCOC3)C2)CC1. The van der Waals surface area contributed by atoms with Crippen LogP contribution in [0.1, 0.15) is 58.8 Å². The van der Waals surface area contributed by atoms with Gasteiger partial charge in [-0.25, -0.2) is 0 Å². The summed E-state index contributed by atoms with van der Waals surface area (Å²) >= 11 is 0. The molecule has 0 bridgehead atoms. The molecule has 0 N–H and O–H groups in total. The van der Waals surface area contributed by atoms with Gasteiger partial charge in [0.15, 0.2) is 0 Å². The van der Waals surface area contributed by atoms with Crippen molar-refractivity contribution in [3.63, 3.8) is 0 Å². The Hall–Kier alpha value is -0.410. The molecule has 2 aliphatic heterocycles. The summed E-state index contributed by atoms with van der Waals surface area (Å²) in [5.41, 5.74) is -0.131. The molecule has 0 aromatic heterocycles. The van der Waals surface area contributed by atoms with Crippen LogP contribution in [0, 0.1) is 23.7 Å². The Morgan fingerprint density at radius 1 is 1.05 bits per heavy atom. The third kappa shape index (κ3) is 3.34. The van der Waals surface area contributed by atoms with Gasteiger partial charge in [-0.1, -0.05) is 13.8 Å². The number of rotatable bonds is 3. The molecular weight excluding hydrogens is 264 g/mol. The maximum atomic E-state index is 12.9. The molecule has 3 heteroatoms. The van der Waals surface area contributed by atoms with Gasteiger partial charge in [0.1, 0.15) is 5.78 Å². The van der Waals surface area contributed by atoms with Crippen molar-refractivity contribution in [2.45, 2.75) is 64.4 Å². The minimum absolute atomic E-state index is 0.131. The van der Waals surface area contributed by atoms with E-state index in [0.29, 0.717) is 18.3 Å². The molecule has 1 spiro atoms. The maximum absolute atomic E-state index is 12.9. The lowest BCUT2D eigenvalue weighted by molar-refractivity contribution is -0.141. The topological polar surface area (TPSA) is 35.5 Å². The number of ketones is 1. The van der Waals surface area contributed by atoms with E-state index >= 15 is 0 Å². The second-order valence-electron chi connectivity index (χ2n) is 7.78. The van der Waals surface area contributed by atoms with E-state index in [4.69, 9.17) is 9.47 Å². The lowest BCUT2D eigenvalue weighted by Crippen LogP contribution is -2.44. The molecule has 2 atom stereocenters. The van der Waals surface area contributed by atoms with Crippen molar-refractivity contribution in [2.24, 2.45) is 23.7 Å². The number of Topliss-reactive ketones (excluding diaryl/α,β-unsaturated/α-hetero) is 1. The number of carbonyl (C=O) groups is 1. The molecule has 3 aliphatic rings. The van der Waals surface area contributed by atoms with Gasteiger partial charge in [0.25, 0.3) is 0 Å². The van der Waals surface area contributed by atoms with E-state index in [2.05, 4.69) is 13.8 Å². The van der Waals surface area contributed by atoms with Crippen LogP contribution in [0.3, 0.4) is 0 Å². The summed E-state index contributed by atoms with van der Waals surface area (Å²) in [4.78, 5) is 12.9. The Balaban J connectivity index is 1.55. The maximum Gasteiger partial charge on any atom is 0.139 e. The number of hydrogen-bond acceptors (Lipinski definition) is 3. The normalized spacial score (nSPS) is 40.8. The monoisotopic (exact) mass is 294 g/mol. The van der Waals surface area contributed by atoms with E-state index in [1.807, 2.05) is 0 Å². The Kier molecular flexibility index (Phi) is 4.70. The van der Waals surface area contributed by atoms with Crippen LogP contribution in [0.5, 0.6) is 0 Å². The first-order chi connectivity index (χ1) is 10.1. The molecule has 120 valence electrons. The molecule has 0 aromatic rings. The first-order valence-electron chi connectivity index (χ1n) is 8.85. The van der Waals surface area contributed by atoms with E-state index in [0.717, 1.165) is 57.2 Å². The molecule has 3 rings (SSSR count). The van der Waals surface area contributed by atoms with Crippen LogP contribution in [0.15, 0.2) is 0 Å². The predicted octanol–water partition coefficient (Wildman–Crippen LogP) is 3.60. The molecule has 1 aliphatic carbocycles. The minimum atomic E-state index is -0.131. The van der Waals surface area contributed by atoms with Crippen LogP contribution in [-0.2, 0) is 14.3 Å². The van der Waals surface area contributed by atoms with Crippen LogP contribution in [0.25, 0.3) is 0 Å². The third-order valence-corrected chi connectivity index (χ3v) is 6.08. The second kappa shape index (κ2) is 6.37. The number of hydrogen-bond donors (Lipinski definition) is 0. The lowest BCUT2D eigenvalue weighted by atomic mass is 9.71. The zero-order chi connectivity index (χ0) is 14.9. The van der Waals surface area contributed by atoms with Crippen molar-refractivity contribution in [3.8, 4) is 0 Å². The molecule has 2 heterocycles. The average Bonchev–Trinajstić information content (AvgIpc) is 2.94. The van der Waals surface area contributed by atoms with Crippen molar-refractivity contribution < 1.29 is 14.3 Å². The highest BCUT2D eigenvalue weighted by molar-refractivity contribution is 5.83. The smallest absolute Gasteiger partial charge is 0.139 e. The summed E-state index contributed by atoms with van der Waals surface area (Å²) in [6.45, 7) is 6.85. The predicted molar refractivity (Wildman–Crippen MR) is 82.1 cm³/mol. The van der Waals surface area contributed by atoms with Crippen molar-refractivity contribution in [2.75, 3.05) is 19.8 Å². The van der Waals surface area contributed by atoms with Gasteiger partial charge in [-0.05, 0) is 50.4 Å². The Bertz CT molecular complexity index is 363. The second-order valence-corrected chi connectivity index (χ2v) is 7.78. The third-order valence-electron chi connectivity index (χ3n) is 6.08. The lowest BCUT2D eigenvalue weighted by Gasteiger charge is -2.38. The quantitative estimate of drug-likeness (QED) is 0.798. The molecular formula is C18H30O3. The molecule has 3 nitrogen and oxygen atoms in total. The molecule has 0 amide bonds. The van der Waals surface area contributed by atoms with Gasteiger partial charge >= 0.3 is 0 Å². The fraction of sp³-hybridized carbons (Fsp3) is 0.944. The molecule has 2 unspecified atom stereocenters. The zero-order valence-electron chi connectivity index (χ0n) is 13.6. The Labute approximate surface area is 128 Å². The fourth-order valence-electron chi connectivity index (χ4n) is 4.54. The van der Waals surface area contributed by atoms with E-state index < -0.39 is 0 Å². The van der Waals surface area contributed by atoms with E-state index in [9.17, 15) is 4.79 Å². The molecule has 2 saturated heterocycles. The summed E-state index contributed by atoms with van der Waals surface area (Å²) < 4.78 is 11.5. The van der Waals surface area contributed by atoms with Gasteiger partial charge in [0.05, 0.1) is 12.2 Å². The van der Waals surface area contributed by atoms with Gasteiger partial charge < -0.3 is 9.47 Å². The minimum Gasteiger partial charge on any atom is -0.378 e. The Morgan fingerprint density at radius 2 is 1.81 bits per heavy atom. The zero-order valence-corrected chi connectivity index (χ0v) is 13.6. The highest BCUT2D eigenvalue weighted by Crippen LogP contribution is 2.40. The summed E-state index contributed by atoms with van der Waals surface area (Å²) in [7, 11) is 0. The highest BCUT2D eigenvalue weighted by Gasteiger charge is 2.44. The van der Waals surface area contributed by atoms with Crippen molar-refractivity contribution in [3.05, 3.63) is 0 Å². The summed E-state index contributed by atoms with van der Waals surface area (Å²) in [5.74, 6) is 2.68. The van der Waals surface area contributed by atoms with E-state index in [-0.39, 0.29) is 11.5 Å². The number of ether oxygens (including phenoxy) is 2. The van der Waals surface area contributed by atoms with Crippen molar-refractivity contribution >= 4 is 5.78 Å². The first kappa shape index (κ1) is 15.5. The standard InChI is InChI=1S/C18H30O3/c1-13(2)14-3-5-15(6-4-14)17(19)16-7-9-21-18(11-16)8-10-20-12-18/h13-16H,3-12H2,1-2H3. The molecule has 0 aromatic carbocycles. The highest BCUT2D eigenvalue weighted by atomic mass is 16.6. The van der Waals surface area contributed by atoms with Crippen LogP contribution >= 0.6 is 0 Å². The summed E-state index contributed by atoms with van der Waals surface area (Å²) in [5, 5.41) is 0. The fourth-order valence-corrected chi connectivity index (χ4v) is 4.54. The van der Waals surface area contributed by atoms with Gasteiger partial charge in [0.2, 0.25) is 0 Å². The van der Waals surface area contributed by atoms with Crippen molar-refractivity contribution in [1.82, 2.24) is 0 Å². The van der Waals surface area contributed by atoms with Gasteiger partial charge in [-0.2, -0.15) is 0 Å². The summed E-state index contributed by atoms with van der Waals surface area (Å²) in [6.07, 6.45) is 7.50. The van der Waals surface area contributed by atoms with Crippen LogP contribution in [0.4, 0.5) is 0 Å². The van der Waals surface area contributed by atoms with Crippen molar-refractivity contribution in [1.29, 1.82) is 0 Å². The molecule has 21 heavy (non-hydrogen) atoms. The van der Waals surface area contributed by atoms with Crippen LogP contribution in [-0.4, -0.2) is 31.2 Å². The van der Waals surface area contributed by atoms with E-state index in [1.54, 1.807) is 0 Å². The van der Waals surface area contributed by atoms with Gasteiger partial charge in [-0.15, -0.1) is 0 Å². The van der Waals surface area contributed by atoms with Gasteiger partial charge in [0, 0.05) is 31.5 Å². The van der Waals surface area contributed by atoms with E-state index in [1.165, 1.54) is 12.8 Å². The van der Waals surface area contributed by atoms with Crippen LogP contribution in [0.2, 0.25) is 0 Å². The summed E-state index contributed by atoms with van der Waals surface area (Å²) in [6, 6.07) is 0. The van der Waals surface area contributed by atoms with Crippen LogP contribution < -0.4 is 0 Å². The molecule has 0 radical (unpaired) electrons. The molecule has 1 saturated carbocycles. The van der Waals surface area contributed by atoms with Gasteiger partial charge in [-0.3, -0.25) is 4.79 Å². The molecule has 3 fully saturated rings. The average molecular weight is 294 g/mol. The first-order valence-corrected chi connectivity index (χ1v) is 8.85.